The lowest BCUT2D eigenvalue weighted by Gasteiger charge is -2.40. The van der Waals surface area contributed by atoms with Crippen molar-refractivity contribution in [2.75, 3.05) is 52.5 Å². The van der Waals surface area contributed by atoms with Gasteiger partial charge in [-0.25, -0.2) is 4.98 Å². The predicted octanol–water partition coefficient (Wildman–Crippen LogP) is 2.13. The van der Waals surface area contributed by atoms with Crippen LogP contribution in [-0.2, 0) is 16.1 Å². The van der Waals surface area contributed by atoms with Gasteiger partial charge < -0.3 is 29.5 Å². The summed E-state index contributed by atoms with van der Waals surface area (Å²) >= 11 is 0. The van der Waals surface area contributed by atoms with E-state index in [4.69, 9.17) is 14.8 Å². The Hall–Kier alpha value is -2.49. The van der Waals surface area contributed by atoms with E-state index in [1.54, 1.807) is 0 Å². The fourth-order valence-electron chi connectivity index (χ4n) is 5.33. The molecule has 36 heavy (non-hydrogen) atoms. The number of aryl methyl sites for hydroxylation is 1. The molecule has 2 saturated heterocycles. The number of amides is 2. The van der Waals surface area contributed by atoms with Gasteiger partial charge in [0.25, 0.3) is 5.91 Å². The molecule has 3 heterocycles. The quantitative estimate of drug-likeness (QED) is 0.486. The molecule has 0 bridgehead atoms. The molecule has 2 aliphatic rings. The van der Waals surface area contributed by atoms with Gasteiger partial charge in [-0.2, -0.15) is 0 Å². The number of morpholine rings is 1. The number of nitrogens with zero attached hydrogens (tertiary/aromatic N) is 4. The average molecular weight is 500 g/mol. The van der Waals surface area contributed by atoms with E-state index in [0.717, 1.165) is 30.3 Å². The number of ether oxygens (including phenoxy) is 1. The summed E-state index contributed by atoms with van der Waals surface area (Å²) in [6.07, 6.45) is 3.16. The van der Waals surface area contributed by atoms with Crippen LogP contribution in [0.25, 0.3) is 11.0 Å². The van der Waals surface area contributed by atoms with Crippen LogP contribution >= 0.6 is 0 Å². The Morgan fingerprint density at radius 1 is 1.17 bits per heavy atom. The van der Waals surface area contributed by atoms with Crippen molar-refractivity contribution in [2.24, 2.45) is 11.8 Å². The molecular formula is C27H41N5O4. The Morgan fingerprint density at radius 2 is 1.94 bits per heavy atom. The van der Waals surface area contributed by atoms with Gasteiger partial charge in [-0.05, 0) is 43.7 Å². The van der Waals surface area contributed by atoms with Gasteiger partial charge in [0.1, 0.15) is 0 Å². The lowest BCUT2D eigenvalue weighted by molar-refractivity contribution is -0.140. The van der Waals surface area contributed by atoms with Crippen LogP contribution in [0.1, 0.15) is 50.1 Å². The molecule has 2 atom stereocenters. The third kappa shape index (κ3) is 6.25. The molecule has 2 aliphatic heterocycles. The molecule has 0 aliphatic carbocycles. The fraction of sp³-hybridized carbons (Fsp3) is 0.667. The molecule has 0 unspecified atom stereocenters. The van der Waals surface area contributed by atoms with Crippen molar-refractivity contribution >= 4 is 22.8 Å². The van der Waals surface area contributed by atoms with Gasteiger partial charge in [-0.3, -0.25) is 9.59 Å². The van der Waals surface area contributed by atoms with Crippen LogP contribution < -0.4 is 5.32 Å². The minimum Gasteiger partial charge on any atom is -0.396 e. The Kier molecular flexibility index (Phi) is 9.34. The van der Waals surface area contributed by atoms with Gasteiger partial charge in [-0.15, -0.1) is 0 Å². The minimum atomic E-state index is -0.151. The first-order valence-electron chi connectivity index (χ1n) is 13.4. The predicted molar refractivity (Wildman–Crippen MR) is 139 cm³/mol. The van der Waals surface area contributed by atoms with E-state index in [9.17, 15) is 9.59 Å². The number of benzene rings is 1. The number of unbranched alkanes of at least 4 members (excludes halogenated alkanes) is 2. The van der Waals surface area contributed by atoms with Crippen LogP contribution in [-0.4, -0.2) is 94.9 Å². The van der Waals surface area contributed by atoms with E-state index in [0.29, 0.717) is 64.7 Å². The lowest BCUT2D eigenvalue weighted by Crippen LogP contribution is -2.56. The second-order valence-electron chi connectivity index (χ2n) is 10.4. The second-order valence-corrected chi connectivity index (χ2v) is 10.4. The van der Waals surface area contributed by atoms with Crippen LogP contribution in [0.4, 0.5) is 0 Å². The number of aromatic nitrogens is 2. The van der Waals surface area contributed by atoms with Crippen molar-refractivity contribution in [1.29, 1.82) is 0 Å². The molecule has 2 fully saturated rings. The second kappa shape index (κ2) is 12.7. The zero-order valence-electron chi connectivity index (χ0n) is 21.7. The molecule has 0 saturated carbocycles. The Bertz CT molecular complexity index is 1020. The molecule has 1 aromatic heterocycles. The molecule has 2 amide bonds. The highest BCUT2D eigenvalue weighted by atomic mass is 16.5. The fourth-order valence-corrected chi connectivity index (χ4v) is 5.33. The van der Waals surface area contributed by atoms with Crippen molar-refractivity contribution in [3.8, 4) is 0 Å². The number of aliphatic hydroxyl groups is 1. The first-order chi connectivity index (χ1) is 17.5. The molecule has 2 aromatic rings. The number of rotatable bonds is 10. The molecule has 1 aromatic carbocycles. The maximum atomic E-state index is 14.1. The summed E-state index contributed by atoms with van der Waals surface area (Å²) in [7, 11) is 0. The molecule has 198 valence electrons. The number of aliphatic hydroxyl groups excluding tert-OH is 1. The number of fused-ring (bicyclic) bond motifs is 1. The average Bonchev–Trinajstić information content (AvgIpc) is 3.28. The van der Waals surface area contributed by atoms with E-state index < -0.39 is 0 Å². The van der Waals surface area contributed by atoms with Crippen LogP contribution in [0.15, 0.2) is 24.3 Å². The Morgan fingerprint density at radius 3 is 2.69 bits per heavy atom. The number of hydrogen-bond acceptors (Lipinski definition) is 6. The van der Waals surface area contributed by atoms with E-state index in [2.05, 4.69) is 19.2 Å². The van der Waals surface area contributed by atoms with Crippen LogP contribution in [0, 0.1) is 11.8 Å². The van der Waals surface area contributed by atoms with Crippen LogP contribution in [0.3, 0.4) is 0 Å². The lowest BCUT2D eigenvalue weighted by atomic mass is 9.92. The zero-order valence-corrected chi connectivity index (χ0v) is 21.7. The van der Waals surface area contributed by atoms with Gasteiger partial charge in [0, 0.05) is 51.9 Å². The Labute approximate surface area is 213 Å². The largest absolute Gasteiger partial charge is 0.396 e. The molecular weight excluding hydrogens is 458 g/mol. The Balaban J connectivity index is 1.57. The van der Waals surface area contributed by atoms with Crippen molar-refractivity contribution in [3.63, 3.8) is 0 Å². The highest BCUT2D eigenvalue weighted by molar-refractivity contribution is 5.95. The number of para-hydroxylation sites is 2. The SMILES string of the molecule is CC(C)CN(C(=O)c1nc2ccccc2n1CCCCCO)[C@@H]1CNC[C@H](C(=O)N2CCOCC2)C1. The summed E-state index contributed by atoms with van der Waals surface area (Å²) in [5, 5.41) is 12.6. The van der Waals surface area contributed by atoms with Crippen molar-refractivity contribution in [2.45, 2.75) is 52.1 Å². The molecule has 4 rings (SSSR count). The smallest absolute Gasteiger partial charge is 0.290 e. The van der Waals surface area contributed by atoms with Crippen molar-refractivity contribution in [3.05, 3.63) is 30.1 Å². The summed E-state index contributed by atoms with van der Waals surface area (Å²) < 4.78 is 7.45. The number of carbonyl (C=O) groups is 2. The van der Waals surface area contributed by atoms with Crippen LogP contribution in [0.5, 0.6) is 0 Å². The molecule has 9 nitrogen and oxygen atoms in total. The van der Waals surface area contributed by atoms with E-state index in [1.165, 1.54) is 0 Å². The molecule has 2 N–H and O–H groups in total. The van der Waals surface area contributed by atoms with E-state index in [-0.39, 0.29) is 36.3 Å². The van der Waals surface area contributed by atoms with Crippen molar-refractivity contribution in [1.82, 2.24) is 24.7 Å². The van der Waals surface area contributed by atoms with Gasteiger partial charge in [-0.1, -0.05) is 26.0 Å². The third-order valence-electron chi connectivity index (χ3n) is 7.15. The summed E-state index contributed by atoms with van der Waals surface area (Å²) in [6, 6.07) is 7.80. The minimum absolute atomic E-state index is 0.0756. The van der Waals surface area contributed by atoms with Crippen molar-refractivity contribution < 1.29 is 19.4 Å². The highest BCUT2D eigenvalue weighted by Gasteiger charge is 2.36. The monoisotopic (exact) mass is 499 g/mol. The summed E-state index contributed by atoms with van der Waals surface area (Å²) in [4.78, 5) is 35.9. The maximum Gasteiger partial charge on any atom is 0.290 e. The van der Waals surface area contributed by atoms with Crippen LogP contribution in [0.2, 0.25) is 0 Å². The summed E-state index contributed by atoms with van der Waals surface area (Å²) in [6.45, 7) is 9.44. The number of hydrogen-bond donors (Lipinski definition) is 2. The van der Waals surface area contributed by atoms with E-state index in [1.807, 2.05) is 38.6 Å². The third-order valence-corrected chi connectivity index (χ3v) is 7.15. The first-order valence-corrected chi connectivity index (χ1v) is 13.4. The van der Waals surface area contributed by atoms with Gasteiger partial charge in [0.05, 0.1) is 30.2 Å². The van der Waals surface area contributed by atoms with Gasteiger partial charge in [0.15, 0.2) is 5.82 Å². The summed E-state index contributed by atoms with van der Waals surface area (Å²) in [5.41, 5.74) is 1.77. The normalized spacial score (nSPS) is 20.7. The number of imidazole rings is 1. The maximum absolute atomic E-state index is 14.1. The summed E-state index contributed by atoms with van der Waals surface area (Å²) in [5.74, 6) is 0.674. The van der Waals surface area contributed by atoms with Gasteiger partial charge >= 0.3 is 0 Å². The topological polar surface area (TPSA) is 99.9 Å². The zero-order chi connectivity index (χ0) is 25.5. The standard InChI is InChI=1S/C27H41N5O4/c1-20(2)19-32(22-16-21(17-28-18-22)26(34)30-11-14-36-15-12-30)27(35)25-29-23-8-4-5-9-24(23)31(25)10-6-3-7-13-33/h4-5,8-9,20-22,28,33H,3,6-7,10-19H2,1-2H3/t21-,22+/m1/s1. The molecule has 0 spiro atoms. The number of piperidine rings is 1. The molecule has 0 radical (unpaired) electrons. The number of carbonyl (C=O) groups excluding carboxylic acids is 2. The van der Waals surface area contributed by atoms with Gasteiger partial charge in [0.2, 0.25) is 5.91 Å². The van der Waals surface area contributed by atoms with E-state index >= 15 is 0 Å². The molecule has 9 heteroatoms. The number of nitrogens with one attached hydrogen (secondary N) is 1. The highest BCUT2D eigenvalue weighted by Crippen LogP contribution is 2.24. The first kappa shape index (κ1) is 26.6.